The number of benzene rings is 7. The SMILES string of the molecule is COc1ccc(C(C)(c2ccc(Oc3ccc(C(=O)c4ccc(C)cc4)cc3)cc2)c2ccc(Oc3ccc(C(=O)c4cccc(S(=O)(=O)O)c4)cc3S(=O)(=O)O)cc2)cc1. The fraction of sp³-hybridized carbons (Fsp3) is 0.0833. The fourth-order valence-electron chi connectivity index (χ4n) is 6.85. The van der Waals surface area contributed by atoms with Crippen molar-refractivity contribution >= 4 is 31.8 Å². The number of hydrogen-bond acceptors (Lipinski definition) is 9. The van der Waals surface area contributed by atoms with E-state index in [0.29, 0.717) is 28.4 Å². The number of ether oxygens (including phenoxy) is 3. The minimum absolute atomic E-state index is 0.0787. The summed E-state index contributed by atoms with van der Waals surface area (Å²) < 4.78 is 85.4. The molecule has 0 aliphatic rings. The van der Waals surface area contributed by atoms with Gasteiger partial charge in [0.1, 0.15) is 33.6 Å². The molecule has 1 unspecified atom stereocenters. The first-order valence-electron chi connectivity index (χ1n) is 18.7. The first kappa shape index (κ1) is 42.2. The second-order valence-corrected chi connectivity index (χ2v) is 17.1. The molecule has 0 aromatic heterocycles. The average Bonchev–Trinajstić information content (AvgIpc) is 3.26. The predicted molar refractivity (Wildman–Crippen MR) is 229 cm³/mol. The Hall–Kier alpha value is -6.90. The second kappa shape index (κ2) is 17.0. The first-order chi connectivity index (χ1) is 29.0. The molecule has 2 N–H and O–H groups in total. The van der Waals surface area contributed by atoms with Crippen LogP contribution in [0.15, 0.2) is 174 Å². The molecule has 61 heavy (non-hydrogen) atoms. The largest absolute Gasteiger partial charge is 0.497 e. The smallest absolute Gasteiger partial charge is 0.298 e. The van der Waals surface area contributed by atoms with Crippen molar-refractivity contribution in [2.24, 2.45) is 0 Å². The van der Waals surface area contributed by atoms with Crippen molar-refractivity contribution in [2.45, 2.75) is 29.1 Å². The minimum atomic E-state index is -4.92. The van der Waals surface area contributed by atoms with E-state index >= 15 is 0 Å². The Morgan fingerprint density at radius 3 is 1.41 bits per heavy atom. The molecule has 0 fully saturated rings. The maximum Gasteiger partial charge on any atom is 0.298 e. The van der Waals surface area contributed by atoms with Crippen LogP contribution >= 0.6 is 0 Å². The van der Waals surface area contributed by atoms with Crippen molar-refractivity contribution in [3.63, 3.8) is 0 Å². The molecule has 0 radical (unpaired) electrons. The molecular formula is C48H38O11S2. The molecule has 0 spiro atoms. The molecule has 0 saturated heterocycles. The van der Waals surface area contributed by atoms with Crippen LogP contribution in [0.4, 0.5) is 0 Å². The van der Waals surface area contributed by atoms with E-state index in [1.165, 1.54) is 24.3 Å². The standard InChI is InChI=1S/C48H38O11S2/c1-31-7-9-32(10-8-31)46(49)33-11-20-40(21-12-33)58-41-24-16-37(17-25-41)48(2,36-14-22-39(57-3)23-15-36)38-18-26-42(27-19-38)59-44-28-13-35(30-45(44)61(54,55)56)47(50)34-5-4-6-43(29-34)60(51,52)53/h4-30H,1-3H3,(H,51,52,53)(H,54,55,56). The molecule has 308 valence electrons. The molecule has 0 aliphatic heterocycles. The Morgan fingerprint density at radius 1 is 0.492 bits per heavy atom. The van der Waals surface area contributed by atoms with Crippen LogP contribution in [0, 0.1) is 6.92 Å². The Balaban J connectivity index is 1.14. The van der Waals surface area contributed by atoms with Crippen molar-refractivity contribution in [2.75, 3.05) is 7.11 Å². The lowest BCUT2D eigenvalue weighted by atomic mass is 9.71. The van der Waals surface area contributed by atoms with Gasteiger partial charge in [-0.25, -0.2) is 0 Å². The lowest BCUT2D eigenvalue weighted by Gasteiger charge is -2.32. The molecule has 0 amide bonds. The molecule has 7 rings (SSSR count). The summed E-state index contributed by atoms with van der Waals surface area (Å²) in [7, 11) is -7.94. The van der Waals surface area contributed by atoms with E-state index in [2.05, 4.69) is 6.92 Å². The van der Waals surface area contributed by atoms with Crippen molar-refractivity contribution in [3.05, 3.63) is 208 Å². The highest BCUT2D eigenvalue weighted by Crippen LogP contribution is 2.41. The molecule has 7 aromatic rings. The molecule has 0 saturated carbocycles. The number of carbonyl (C=O) groups is 2. The summed E-state index contributed by atoms with van der Waals surface area (Å²) in [5, 5.41) is 0. The lowest BCUT2D eigenvalue weighted by Crippen LogP contribution is -2.25. The van der Waals surface area contributed by atoms with E-state index in [1.54, 1.807) is 43.5 Å². The third kappa shape index (κ3) is 9.30. The van der Waals surface area contributed by atoms with Crippen LogP contribution in [0.2, 0.25) is 0 Å². The molecule has 0 aliphatic carbocycles. The Morgan fingerprint density at radius 2 is 0.918 bits per heavy atom. The summed E-state index contributed by atoms with van der Waals surface area (Å²) in [6.07, 6.45) is 0. The maximum atomic E-state index is 13.2. The zero-order valence-electron chi connectivity index (χ0n) is 33.0. The van der Waals surface area contributed by atoms with Crippen LogP contribution < -0.4 is 14.2 Å². The molecular weight excluding hydrogens is 817 g/mol. The lowest BCUT2D eigenvalue weighted by molar-refractivity contribution is 0.103. The van der Waals surface area contributed by atoms with Crippen LogP contribution in [0.3, 0.4) is 0 Å². The number of methoxy groups -OCH3 is 1. The van der Waals surface area contributed by atoms with Gasteiger partial charge in [-0.2, -0.15) is 16.8 Å². The van der Waals surface area contributed by atoms with Gasteiger partial charge in [-0.15, -0.1) is 0 Å². The van der Waals surface area contributed by atoms with Crippen molar-refractivity contribution in [3.8, 4) is 28.7 Å². The summed E-state index contributed by atoms with van der Waals surface area (Å²) in [5.41, 5.74) is 3.85. The van der Waals surface area contributed by atoms with Gasteiger partial charge in [-0.3, -0.25) is 18.7 Å². The number of rotatable bonds is 14. The summed E-state index contributed by atoms with van der Waals surface area (Å²) in [6, 6.07) is 44.7. The highest BCUT2D eigenvalue weighted by Gasteiger charge is 2.32. The number of carbonyl (C=O) groups excluding carboxylic acids is 2. The Kier molecular flexibility index (Phi) is 11.8. The molecule has 1 atom stereocenters. The van der Waals surface area contributed by atoms with E-state index in [1.807, 2.05) is 91.9 Å². The number of hydrogen-bond donors (Lipinski definition) is 2. The number of ketones is 2. The first-order valence-corrected chi connectivity index (χ1v) is 21.6. The summed E-state index contributed by atoms with van der Waals surface area (Å²) in [5.74, 6) is 0.941. The van der Waals surface area contributed by atoms with Gasteiger partial charge in [0.05, 0.1) is 12.0 Å². The van der Waals surface area contributed by atoms with Crippen molar-refractivity contribution in [1.82, 2.24) is 0 Å². The normalized spacial score (nSPS) is 12.5. The van der Waals surface area contributed by atoms with Crippen LogP contribution in [0.5, 0.6) is 28.7 Å². The Labute approximate surface area is 353 Å². The molecule has 0 heterocycles. The average molecular weight is 855 g/mol. The molecule has 0 bridgehead atoms. The minimum Gasteiger partial charge on any atom is -0.497 e. The van der Waals surface area contributed by atoms with Crippen LogP contribution in [-0.4, -0.2) is 44.6 Å². The highest BCUT2D eigenvalue weighted by molar-refractivity contribution is 7.86. The van der Waals surface area contributed by atoms with Crippen LogP contribution in [0.1, 0.15) is 61.0 Å². The monoisotopic (exact) mass is 854 g/mol. The van der Waals surface area contributed by atoms with Crippen LogP contribution in [0.25, 0.3) is 0 Å². The maximum absolute atomic E-state index is 13.2. The molecule has 13 heteroatoms. The van der Waals surface area contributed by atoms with E-state index < -0.39 is 41.2 Å². The van der Waals surface area contributed by atoms with E-state index in [0.717, 1.165) is 40.5 Å². The van der Waals surface area contributed by atoms with Crippen molar-refractivity contribution < 1.29 is 49.7 Å². The summed E-state index contributed by atoms with van der Waals surface area (Å²) in [6.45, 7) is 4.03. The predicted octanol–water partition coefficient (Wildman–Crippen LogP) is 9.90. The van der Waals surface area contributed by atoms with E-state index in [4.69, 9.17) is 14.2 Å². The van der Waals surface area contributed by atoms with Gasteiger partial charge in [0.15, 0.2) is 11.6 Å². The zero-order valence-corrected chi connectivity index (χ0v) is 34.6. The summed E-state index contributed by atoms with van der Waals surface area (Å²) in [4.78, 5) is 25.0. The summed E-state index contributed by atoms with van der Waals surface area (Å²) >= 11 is 0. The number of aryl methyl sites for hydroxylation is 1. The van der Waals surface area contributed by atoms with Gasteiger partial charge in [-0.05, 0) is 122 Å². The van der Waals surface area contributed by atoms with Gasteiger partial charge in [-0.1, -0.05) is 78.4 Å². The van der Waals surface area contributed by atoms with Gasteiger partial charge in [0.25, 0.3) is 20.2 Å². The van der Waals surface area contributed by atoms with Crippen molar-refractivity contribution in [1.29, 1.82) is 0 Å². The van der Waals surface area contributed by atoms with Gasteiger partial charge >= 0.3 is 0 Å². The molecule has 11 nitrogen and oxygen atoms in total. The second-order valence-electron chi connectivity index (χ2n) is 14.3. The van der Waals surface area contributed by atoms with Gasteiger partial charge in [0.2, 0.25) is 0 Å². The third-order valence-electron chi connectivity index (χ3n) is 10.3. The zero-order chi connectivity index (χ0) is 43.5. The highest BCUT2D eigenvalue weighted by atomic mass is 32.2. The quantitative estimate of drug-likeness (QED) is 0.0606. The van der Waals surface area contributed by atoms with Gasteiger partial charge < -0.3 is 14.2 Å². The fourth-order valence-corrected chi connectivity index (χ4v) is 8.01. The third-order valence-corrected chi connectivity index (χ3v) is 12.0. The Bertz CT molecular complexity index is 2960. The van der Waals surface area contributed by atoms with Crippen LogP contribution in [-0.2, 0) is 25.7 Å². The van der Waals surface area contributed by atoms with E-state index in [-0.39, 0.29) is 28.4 Å². The van der Waals surface area contributed by atoms with Gasteiger partial charge in [0, 0.05) is 27.7 Å². The van der Waals surface area contributed by atoms with E-state index in [9.17, 15) is 35.5 Å². The molecule has 7 aromatic carbocycles. The topological polar surface area (TPSA) is 171 Å².